The zero-order valence-electron chi connectivity index (χ0n) is 17.6. The highest BCUT2D eigenvalue weighted by molar-refractivity contribution is 9.10. The molecule has 1 atom stereocenters. The van der Waals surface area contributed by atoms with E-state index in [0.29, 0.717) is 11.4 Å². The predicted molar refractivity (Wildman–Crippen MR) is 123 cm³/mol. The largest absolute Gasteiger partial charge is 0.482 e. The number of hydrogen-bond acceptors (Lipinski definition) is 5. The van der Waals surface area contributed by atoms with Crippen molar-refractivity contribution in [2.75, 3.05) is 57.8 Å². The third-order valence-corrected chi connectivity index (χ3v) is 6.23. The van der Waals surface area contributed by atoms with Gasteiger partial charge >= 0.3 is 0 Å². The van der Waals surface area contributed by atoms with Crippen LogP contribution in [-0.2, 0) is 9.59 Å². The Morgan fingerprint density at radius 3 is 2.61 bits per heavy atom. The fourth-order valence-corrected chi connectivity index (χ4v) is 4.28. The molecule has 2 aliphatic heterocycles. The molecule has 0 bridgehead atoms. The number of amides is 2. The fourth-order valence-electron chi connectivity index (χ4n) is 3.94. The van der Waals surface area contributed by atoms with Crippen molar-refractivity contribution >= 4 is 33.4 Å². The first kappa shape index (κ1) is 21.8. The Labute approximate surface area is 191 Å². The van der Waals surface area contributed by atoms with Gasteiger partial charge in [-0.1, -0.05) is 46.3 Å². The van der Waals surface area contributed by atoms with Crippen LogP contribution in [-0.4, -0.2) is 74.5 Å². The molecule has 2 aromatic rings. The minimum absolute atomic E-state index is 0.0388. The Bertz CT molecular complexity index is 932. The summed E-state index contributed by atoms with van der Waals surface area (Å²) in [4.78, 5) is 31.7. The van der Waals surface area contributed by atoms with Crippen LogP contribution < -0.4 is 15.0 Å². The van der Waals surface area contributed by atoms with Crippen molar-refractivity contribution < 1.29 is 14.3 Å². The van der Waals surface area contributed by atoms with E-state index in [1.165, 1.54) is 4.90 Å². The summed E-state index contributed by atoms with van der Waals surface area (Å²) in [6.07, 6.45) is 0. The Morgan fingerprint density at radius 1 is 1.13 bits per heavy atom. The van der Waals surface area contributed by atoms with Crippen molar-refractivity contribution in [1.82, 2.24) is 15.1 Å². The van der Waals surface area contributed by atoms with Crippen molar-refractivity contribution in [2.45, 2.75) is 6.04 Å². The Hall–Kier alpha value is -2.42. The molecule has 31 heavy (non-hydrogen) atoms. The summed E-state index contributed by atoms with van der Waals surface area (Å²) in [6.45, 7) is 4.61. The summed E-state index contributed by atoms with van der Waals surface area (Å²) in [5, 5.41) is 3.16. The minimum atomic E-state index is -0.222. The summed E-state index contributed by atoms with van der Waals surface area (Å²) in [5.74, 6) is 0.186. The van der Waals surface area contributed by atoms with E-state index in [0.717, 1.165) is 42.8 Å². The molecule has 0 aromatic heterocycles. The second kappa shape index (κ2) is 9.80. The number of likely N-dealkylation sites (N-methyl/N-ethyl adjacent to an activating group) is 1. The number of ether oxygens (including phenoxy) is 1. The number of hydrogen-bond donors (Lipinski definition) is 1. The molecule has 7 nitrogen and oxygen atoms in total. The summed E-state index contributed by atoms with van der Waals surface area (Å²) in [5.41, 5.74) is 1.68. The van der Waals surface area contributed by atoms with E-state index in [2.05, 4.69) is 38.1 Å². The second-order valence-electron chi connectivity index (χ2n) is 8.02. The standard InChI is InChI=1S/C23H27BrN4O3/c1-26-9-11-27(12-10-26)14-19(17-5-3-2-4-6-17)25-22(29)15-28-20-8-7-18(24)13-21(20)31-16-23(28)30/h2-8,13,19H,9-12,14-16H2,1H3,(H,25,29). The van der Waals surface area contributed by atoms with Gasteiger partial charge in [-0.25, -0.2) is 0 Å². The molecule has 1 N–H and O–H groups in total. The molecule has 0 aliphatic carbocycles. The van der Waals surface area contributed by atoms with Gasteiger partial charge in [0, 0.05) is 37.2 Å². The van der Waals surface area contributed by atoms with Gasteiger partial charge in [-0.05, 0) is 30.8 Å². The molecule has 2 aromatic carbocycles. The third-order valence-electron chi connectivity index (χ3n) is 5.74. The van der Waals surface area contributed by atoms with Gasteiger partial charge in [0.2, 0.25) is 5.91 Å². The predicted octanol–water partition coefficient (Wildman–Crippen LogP) is 2.28. The van der Waals surface area contributed by atoms with Crippen LogP contribution in [0.4, 0.5) is 5.69 Å². The van der Waals surface area contributed by atoms with Gasteiger partial charge in [-0.3, -0.25) is 19.4 Å². The average molecular weight is 487 g/mol. The maximum Gasteiger partial charge on any atom is 0.265 e. The lowest BCUT2D eigenvalue weighted by Gasteiger charge is -2.35. The maximum atomic E-state index is 13.0. The van der Waals surface area contributed by atoms with Crippen molar-refractivity contribution in [1.29, 1.82) is 0 Å². The van der Waals surface area contributed by atoms with E-state index in [9.17, 15) is 9.59 Å². The van der Waals surface area contributed by atoms with E-state index in [-0.39, 0.29) is 31.0 Å². The van der Waals surface area contributed by atoms with E-state index < -0.39 is 0 Å². The number of anilines is 1. The molecular weight excluding hydrogens is 460 g/mol. The molecule has 0 saturated carbocycles. The van der Waals surface area contributed by atoms with Crippen LogP contribution in [0, 0.1) is 0 Å². The van der Waals surface area contributed by atoms with Crippen LogP contribution in [0.2, 0.25) is 0 Å². The molecule has 8 heteroatoms. The van der Waals surface area contributed by atoms with Crippen molar-refractivity contribution in [2.24, 2.45) is 0 Å². The summed E-state index contributed by atoms with van der Waals surface area (Å²) >= 11 is 3.42. The average Bonchev–Trinajstić information content (AvgIpc) is 2.77. The number of piperazine rings is 1. The molecule has 164 valence electrons. The zero-order valence-corrected chi connectivity index (χ0v) is 19.2. The van der Waals surface area contributed by atoms with Crippen LogP contribution in [0.3, 0.4) is 0 Å². The Morgan fingerprint density at radius 2 is 1.87 bits per heavy atom. The van der Waals surface area contributed by atoms with Crippen LogP contribution in [0.15, 0.2) is 53.0 Å². The SMILES string of the molecule is CN1CCN(CC(NC(=O)CN2C(=O)COc3cc(Br)ccc32)c2ccccc2)CC1. The van der Waals surface area contributed by atoms with Crippen molar-refractivity contribution in [3.63, 3.8) is 0 Å². The number of nitrogens with zero attached hydrogens (tertiary/aromatic N) is 3. The molecule has 1 fully saturated rings. The van der Waals surface area contributed by atoms with Crippen LogP contribution in [0.1, 0.15) is 11.6 Å². The molecule has 2 aliphatic rings. The number of nitrogens with one attached hydrogen (secondary N) is 1. The monoisotopic (exact) mass is 486 g/mol. The lowest BCUT2D eigenvalue weighted by Crippen LogP contribution is -2.50. The van der Waals surface area contributed by atoms with Crippen LogP contribution in [0.5, 0.6) is 5.75 Å². The van der Waals surface area contributed by atoms with Crippen LogP contribution >= 0.6 is 15.9 Å². The number of benzene rings is 2. The van der Waals surface area contributed by atoms with Gasteiger partial charge in [-0.15, -0.1) is 0 Å². The van der Waals surface area contributed by atoms with E-state index >= 15 is 0 Å². The minimum Gasteiger partial charge on any atom is -0.482 e. The Kier molecular flexibility index (Phi) is 6.89. The highest BCUT2D eigenvalue weighted by Crippen LogP contribution is 2.34. The summed E-state index contributed by atoms with van der Waals surface area (Å²) in [6, 6.07) is 15.3. The molecule has 2 heterocycles. The second-order valence-corrected chi connectivity index (χ2v) is 8.93. The molecule has 2 amide bonds. The smallest absolute Gasteiger partial charge is 0.265 e. The molecule has 1 unspecified atom stereocenters. The molecule has 0 radical (unpaired) electrons. The first-order valence-corrected chi connectivity index (χ1v) is 11.3. The van der Waals surface area contributed by atoms with Gasteiger partial charge in [-0.2, -0.15) is 0 Å². The van der Waals surface area contributed by atoms with Gasteiger partial charge in [0.1, 0.15) is 12.3 Å². The molecule has 0 spiro atoms. The maximum absolute atomic E-state index is 13.0. The van der Waals surface area contributed by atoms with Gasteiger partial charge in [0.15, 0.2) is 6.61 Å². The molecular formula is C23H27BrN4O3. The zero-order chi connectivity index (χ0) is 21.8. The third kappa shape index (κ3) is 5.44. The highest BCUT2D eigenvalue weighted by Gasteiger charge is 2.29. The fraction of sp³-hybridized carbons (Fsp3) is 0.391. The van der Waals surface area contributed by atoms with Crippen molar-refractivity contribution in [3.05, 3.63) is 58.6 Å². The number of rotatable bonds is 6. The van der Waals surface area contributed by atoms with E-state index in [1.807, 2.05) is 42.5 Å². The van der Waals surface area contributed by atoms with Gasteiger partial charge in [0.25, 0.3) is 5.91 Å². The first-order valence-electron chi connectivity index (χ1n) is 10.5. The summed E-state index contributed by atoms with van der Waals surface area (Å²) < 4.78 is 6.39. The lowest BCUT2D eigenvalue weighted by atomic mass is 10.1. The lowest BCUT2D eigenvalue weighted by molar-refractivity contribution is -0.125. The van der Waals surface area contributed by atoms with Gasteiger partial charge in [0.05, 0.1) is 11.7 Å². The van der Waals surface area contributed by atoms with E-state index in [4.69, 9.17) is 4.74 Å². The normalized spacial score (nSPS) is 18.3. The first-order chi connectivity index (χ1) is 15.0. The van der Waals surface area contributed by atoms with Crippen molar-refractivity contribution in [3.8, 4) is 5.75 Å². The summed E-state index contributed by atoms with van der Waals surface area (Å²) in [7, 11) is 2.13. The van der Waals surface area contributed by atoms with E-state index in [1.54, 1.807) is 6.07 Å². The van der Waals surface area contributed by atoms with Gasteiger partial charge < -0.3 is 15.0 Å². The number of fused-ring (bicyclic) bond motifs is 1. The highest BCUT2D eigenvalue weighted by atomic mass is 79.9. The number of carbonyl (C=O) groups excluding carboxylic acids is 2. The van der Waals surface area contributed by atoms with Crippen LogP contribution in [0.25, 0.3) is 0 Å². The quantitative estimate of drug-likeness (QED) is 0.678. The molecule has 1 saturated heterocycles. The number of carbonyl (C=O) groups is 2. The Balaban J connectivity index is 1.47. The number of halogens is 1. The molecule has 4 rings (SSSR count). The topological polar surface area (TPSA) is 65.1 Å².